The first kappa shape index (κ1) is 15.4. The van der Waals surface area contributed by atoms with Crippen molar-refractivity contribution in [1.82, 2.24) is 0 Å². The molecule has 0 nitrogen and oxygen atoms in total. The summed E-state index contributed by atoms with van der Waals surface area (Å²) in [6.45, 7) is 0. The van der Waals surface area contributed by atoms with E-state index in [9.17, 15) is 8.22 Å². The normalized spacial score (nSPS) is 14.8. The molecule has 0 saturated heterocycles. The van der Waals surface area contributed by atoms with E-state index in [0.717, 1.165) is 32.3 Å². The third kappa shape index (κ3) is 2.96. The molecule has 184 valence electrons. The van der Waals surface area contributed by atoms with Gasteiger partial charge in [0.2, 0.25) is 0 Å². The van der Waals surface area contributed by atoms with Gasteiger partial charge in [0.05, 0.1) is 11.0 Å². The van der Waals surface area contributed by atoms with Gasteiger partial charge in [-0.25, -0.2) is 0 Å². The minimum Gasteiger partial charge on any atom is -0.0622 e. The van der Waals surface area contributed by atoms with E-state index in [1.54, 1.807) is 12.1 Å². The molecule has 9 aromatic rings. The Morgan fingerprint density at radius 3 is 1.70 bits per heavy atom. The second-order valence-electron chi connectivity index (χ2n) is 10.2. The van der Waals surface area contributed by atoms with Crippen molar-refractivity contribution in [3.05, 3.63) is 145 Å². The Balaban J connectivity index is 1.63. The zero-order chi connectivity index (χ0) is 33.2. The summed E-state index contributed by atoms with van der Waals surface area (Å²) in [5, 5.41) is 6.63. The Morgan fingerprint density at radius 2 is 0.925 bits per heavy atom. The lowest BCUT2D eigenvalue weighted by atomic mass is 9.84. The summed E-state index contributed by atoms with van der Waals surface area (Å²) < 4.78 is 74.4. The SMILES string of the molecule is [2H]c1c([2H])c2c([2H])c([2H])c3c(-c4c5ccccc5cc5ccc6ccccc6c45)c([2H])c([2H])c4c([2H])c([2H])c(c1-c1ccccc1)c2c43. The molecule has 9 aromatic carbocycles. The molecular weight excluding hydrogens is 480 g/mol. The van der Waals surface area contributed by atoms with E-state index in [-0.39, 0.29) is 69.9 Å². The third-order valence-electron chi connectivity index (χ3n) is 8.06. The highest BCUT2D eigenvalue weighted by Crippen LogP contribution is 2.46. The molecule has 0 aromatic heterocycles. The highest BCUT2D eigenvalue weighted by molar-refractivity contribution is 6.30. The van der Waals surface area contributed by atoms with E-state index in [2.05, 4.69) is 12.1 Å². The van der Waals surface area contributed by atoms with Gasteiger partial charge in [-0.1, -0.05) is 139 Å². The van der Waals surface area contributed by atoms with Crippen molar-refractivity contribution in [1.29, 1.82) is 0 Å². The van der Waals surface area contributed by atoms with Gasteiger partial charge in [0.25, 0.3) is 0 Å². The summed E-state index contributed by atoms with van der Waals surface area (Å²) in [5.41, 5.74) is 1.87. The van der Waals surface area contributed by atoms with E-state index < -0.39 is 0 Å². The number of hydrogen-bond donors (Lipinski definition) is 0. The fraction of sp³-hybridized carbons (Fsp3) is 0. The van der Waals surface area contributed by atoms with Crippen molar-refractivity contribution in [2.75, 3.05) is 0 Å². The number of hydrogen-bond acceptors (Lipinski definition) is 0. The maximum Gasteiger partial charge on any atom is 0.0630 e. The van der Waals surface area contributed by atoms with Crippen LogP contribution in [0.1, 0.15) is 11.0 Å². The van der Waals surface area contributed by atoms with Crippen LogP contribution in [0.2, 0.25) is 0 Å². The Morgan fingerprint density at radius 1 is 0.350 bits per heavy atom. The Labute approximate surface area is 243 Å². The summed E-state index contributed by atoms with van der Waals surface area (Å²) in [7, 11) is 0. The van der Waals surface area contributed by atoms with E-state index in [1.807, 2.05) is 72.8 Å². The lowest BCUT2D eigenvalue weighted by molar-refractivity contribution is 1.66. The van der Waals surface area contributed by atoms with Crippen LogP contribution in [0.3, 0.4) is 0 Å². The smallest absolute Gasteiger partial charge is 0.0622 e. The molecule has 0 amide bonds. The average Bonchev–Trinajstić information content (AvgIpc) is 3.10. The quantitative estimate of drug-likeness (QED) is 0.160. The van der Waals surface area contributed by atoms with Gasteiger partial charge >= 0.3 is 0 Å². The minimum absolute atomic E-state index is 0.0419. The molecule has 0 unspecified atom stereocenters. The highest BCUT2D eigenvalue weighted by Gasteiger charge is 2.18. The summed E-state index contributed by atoms with van der Waals surface area (Å²) in [5.74, 6) is 0. The molecule has 0 aliphatic rings. The predicted octanol–water partition coefficient (Wildman–Crippen LogP) is 11.4. The van der Waals surface area contributed by atoms with Crippen LogP contribution in [0.25, 0.3) is 86.9 Å². The maximum atomic E-state index is 9.56. The molecule has 0 radical (unpaired) electrons. The molecule has 0 bridgehead atoms. The van der Waals surface area contributed by atoms with Crippen molar-refractivity contribution in [2.24, 2.45) is 0 Å². The second kappa shape index (κ2) is 8.15. The van der Waals surface area contributed by atoms with Gasteiger partial charge in [-0.15, -0.1) is 0 Å². The molecule has 0 atom stereocenters. The van der Waals surface area contributed by atoms with Gasteiger partial charge in [-0.05, 0) is 93.0 Å². The van der Waals surface area contributed by atoms with Gasteiger partial charge in [-0.2, -0.15) is 0 Å². The largest absolute Gasteiger partial charge is 0.0630 e. The Bertz CT molecular complexity index is 2860. The predicted molar refractivity (Wildman–Crippen MR) is 174 cm³/mol. The lowest BCUT2D eigenvalue weighted by Gasteiger charge is -2.19. The van der Waals surface area contributed by atoms with Crippen LogP contribution in [-0.4, -0.2) is 0 Å². The monoisotopic (exact) mass is 512 g/mol. The van der Waals surface area contributed by atoms with Gasteiger partial charge in [-0.3, -0.25) is 0 Å². The fourth-order valence-electron chi connectivity index (χ4n) is 6.30. The molecule has 0 heterocycles. The number of rotatable bonds is 2. The van der Waals surface area contributed by atoms with E-state index in [0.29, 0.717) is 33.0 Å². The number of fused-ring (bicyclic) bond motifs is 4. The van der Waals surface area contributed by atoms with Gasteiger partial charge in [0.1, 0.15) is 0 Å². The molecule has 0 fully saturated rings. The van der Waals surface area contributed by atoms with Crippen molar-refractivity contribution in [3.63, 3.8) is 0 Å². The molecule has 0 spiro atoms. The van der Waals surface area contributed by atoms with Crippen molar-refractivity contribution >= 4 is 64.6 Å². The van der Waals surface area contributed by atoms with Crippen LogP contribution in [0, 0.1) is 0 Å². The Kier molecular flexibility index (Phi) is 3.14. The second-order valence-corrected chi connectivity index (χ2v) is 10.2. The van der Waals surface area contributed by atoms with Crippen molar-refractivity contribution < 1.29 is 11.0 Å². The molecule has 0 aliphatic heterocycles. The molecule has 0 aliphatic carbocycles. The van der Waals surface area contributed by atoms with Crippen LogP contribution in [0.15, 0.2) is 145 Å². The molecule has 0 saturated carbocycles. The van der Waals surface area contributed by atoms with E-state index in [4.69, 9.17) is 2.74 Å². The first-order valence-corrected chi connectivity index (χ1v) is 13.3. The van der Waals surface area contributed by atoms with E-state index in [1.165, 1.54) is 0 Å². The van der Waals surface area contributed by atoms with Crippen molar-refractivity contribution in [3.8, 4) is 22.3 Å². The first-order chi connectivity index (χ1) is 23.2. The maximum absolute atomic E-state index is 9.56. The summed E-state index contributed by atoms with van der Waals surface area (Å²) >= 11 is 0. The molecular formula is C40H24. The zero-order valence-electron chi connectivity index (χ0n) is 29.2. The number of benzene rings is 9. The van der Waals surface area contributed by atoms with Crippen LogP contribution in [0.4, 0.5) is 0 Å². The third-order valence-corrected chi connectivity index (χ3v) is 8.06. The van der Waals surface area contributed by atoms with Gasteiger partial charge in [0, 0.05) is 0 Å². The Hall–Kier alpha value is -5.20. The summed E-state index contributed by atoms with van der Waals surface area (Å²) in [4.78, 5) is 0. The molecule has 0 heteroatoms. The van der Waals surface area contributed by atoms with E-state index >= 15 is 0 Å². The topological polar surface area (TPSA) is 0 Å². The van der Waals surface area contributed by atoms with Gasteiger partial charge in [0.15, 0.2) is 0 Å². The van der Waals surface area contributed by atoms with Crippen LogP contribution in [-0.2, 0) is 0 Å². The zero-order valence-corrected chi connectivity index (χ0v) is 21.2. The first-order valence-electron chi connectivity index (χ1n) is 17.3. The van der Waals surface area contributed by atoms with Gasteiger partial charge < -0.3 is 0 Å². The molecule has 0 N–H and O–H groups in total. The average molecular weight is 513 g/mol. The van der Waals surface area contributed by atoms with Crippen LogP contribution >= 0.6 is 0 Å². The molecule has 9 rings (SSSR count). The summed E-state index contributed by atoms with van der Waals surface area (Å²) in [6, 6.07) is 29.1. The molecule has 40 heavy (non-hydrogen) atoms. The standard InChI is InChI=1S/C40H24/c1-2-8-25(9-3-1)31-20-16-27-18-22-35-36(23-19-28-17-21-34(31)37(27)38(28)35)40-33-13-7-5-11-29(33)24-30-15-14-26-10-4-6-12-32(26)39(30)40/h1-24H/i16D,17D,18D,19D,20D,21D,22D,23D. The van der Waals surface area contributed by atoms with Crippen molar-refractivity contribution in [2.45, 2.75) is 0 Å². The summed E-state index contributed by atoms with van der Waals surface area (Å²) in [6.07, 6.45) is 0. The highest BCUT2D eigenvalue weighted by atomic mass is 14.2. The fourth-order valence-corrected chi connectivity index (χ4v) is 6.30. The lowest BCUT2D eigenvalue weighted by Crippen LogP contribution is -1.91. The van der Waals surface area contributed by atoms with Crippen LogP contribution in [0.5, 0.6) is 0 Å². The minimum atomic E-state index is -0.281. The van der Waals surface area contributed by atoms with Crippen LogP contribution < -0.4 is 0 Å².